The highest BCUT2D eigenvalue weighted by atomic mass is 19.2. The fraction of sp³-hybridized carbons (Fsp3) is 0. The molecule has 0 fully saturated rings. The lowest BCUT2D eigenvalue weighted by Crippen LogP contribution is -2.03. The Morgan fingerprint density at radius 3 is 1.62 bits per heavy atom. The van der Waals surface area contributed by atoms with Gasteiger partial charge in [-0.15, -0.1) is 0 Å². The quantitative estimate of drug-likeness (QED) is 0.117. The number of benzene rings is 3. The molecule has 230 valence electrons. The van der Waals surface area contributed by atoms with Crippen LogP contribution in [0.2, 0.25) is 0 Å². The van der Waals surface area contributed by atoms with Crippen LogP contribution >= 0.6 is 0 Å². The van der Waals surface area contributed by atoms with Crippen molar-refractivity contribution in [1.29, 1.82) is 26.3 Å². The summed E-state index contributed by atoms with van der Waals surface area (Å²) in [7, 11) is 0. The van der Waals surface area contributed by atoms with Crippen molar-refractivity contribution in [3.05, 3.63) is 155 Å². The minimum Gasteiger partial charge on any atom is -0.237 e. The first-order valence-electron chi connectivity index (χ1n) is 13.0. The molecule has 9 nitrogen and oxygen atoms in total. The first-order valence-corrected chi connectivity index (χ1v) is 13.0. The highest BCUT2D eigenvalue weighted by Crippen LogP contribution is 2.57. The van der Waals surface area contributed by atoms with E-state index in [4.69, 9.17) is 31.6 Å². The molecule has 0 bridgehead atoms. The van der Waals surface area contributed by atoms with E-state index in [-0.39, 0.29) is 0 Å². The summed E-state index contributed by atoms with van der Waals surface area (Å²) in [5, 5.41) is 49.6. The molecule has 0 amide bonds. The van der Waals surface area contributed by atoms with Crippen LogP contribution in [0, 0.1) is 118 Å². The van der Waals surface area contributed by atoms with E-state index in [1.807, 2.05) is 0 Å². The summed E-state index contributed by atoms with van der Waals surface area (Å²) in [5.41, 5.74) is -13.7. The molecule has 3 aromatic carbocycles. The number of hydrogen-bond donors (Lipinski definition) is 0. The van der Waals surface area contributed by atoms with Gasteiger partial charge in [-0.1, -0.05) is 0 Å². The third-order valence-corrected chi connectivity index (χ3v) is 7.64. The zero-order valence-electron chi connectivity index (χ0n) is 24.0. The fourth-order valence-corrected chi connectivity index (χ4v) is 5.72. The highest BCUT2D eigenvalue weighted by molar-refractivity contribution is 6.30. The van der Waals surface area contributed by atoms with Crippen LogP contribution in [0.15, 0.2) is 29.6 Å². The average Bonchev–Trinajstić information content (AvgIpc) is 3.61. The highest BCUT2D eigenvalue weighted by Gasteiger charge is 2.42. The van der Waals surface area contributed by atoms with Gasteiger partial charge in [-0.05, 0) is 40.5 Å². The lowest BCUT2D eigenvalue weighted by molar-refractivity contribution is 0.489. The van der Waals surface area contributed by atoms with E-state index in [0.717, 1.165) is 12.1 Å². The predicted octanol–water partition coefficient (Wildman–Crippen LogP) is 8.37. The van der Waals surface area contributed by atoms with E-state index >= 15 is 8.78 Å². The molecular weight excluding hydrogens is 660 g/mol. The molecule has 3 aromatic rings. The number of nitriles is 5. The van der Waals surface area contributed by atoms with Gasteiger partial charge in [0.15, 0.2) is 23.3 Å². The summed E-state index contributed by atoms with van der Waals surface area (Å²) in [4.78, 5) is 12.0. The van der Waals surface area contributed by atoms with Crippen LogP contribution in [0.5, 0.6) is 0 Å². The van der Waals surface area contributed by atoms with Crippen molar-refractivity contribution >= 4 is 39.2 Å². The molecule has 0 aliphatic heterocycles. The standard InChI is InChI=1S/C35H3F6N9/c1-47-22(11-45)27-14-5-13-17(8-42)25(15-6-20(36)18(9-43)32(40)30(15)38)29(23(12-46)48-2)24(13)19(10-44)26(14)35(50-4)28(27)16-7-21(37)34(49-3)33(41)31(16)39/h5-7H/b27-22-,29-23+. The van der Waals surface area contributed by atoms with Crippen molar-refractivity contribution in [2.24, 2.45) is 0 Å². The van der Waals surface area contributed by atoms with Gasteiger partial charge in [-0.2, -0.15) is 15.8 Å². The molecule has 0 aromatic heterocycles. The molecule has 0 heterocycles. The van der Waals surface area contributed by atoms with Gasteiger partial charge in [-0.3, -0.25) is 0 Å². The molecule has 15 heteroatoms. The average molecular weight is 663 g/mol. The van der Waals surface area contributed by atoms with Crippen LogP contribution in [0.4, 0.5) is 32.0 Å². The Hall–Kier alpha value is -8.39. The SMILES string of the molecule is [C-]#[N+]C1=C(c2cc(F)c([N+]#[C-])c(F)c2F)/C(=C(/C#N)[N+]#[C-])c2cc3c(c(C#N)c21)/C(=C(/C#N)[N+]#[C-])C(c1cc(F)c(C#N)c(F)c1F)=C3C#N. The van der Waals surface area contributed by atoms with Crippen LogP contribution in [-0.4, -0.2) is 0 Å². The topological polar surface area (TPSA) is 136 Å². The molecule has 5 rings (SSSR count). The van der Waals surface area contributed by atoms with Gasteiger partial charge >= 0.3 is 0 Å². The van der Waals surface area contributed by atoms with Crippen molar-refractivity contribution in [1.82, 2.24) is 0 Å². The summed E-state index contributed by atoms with van der Waals surface area (Å²) in [6.07, 6.45) is 0. The monoisotopic (exact) mass is 663 g/mol. The van der Waals surface area contributed by atoms with Gasteiger partial charge in [-0.25, -0.2) is 56.2 Å². The Kier molecular flexibility index (Phi) is 7.97. The molecule has 0 spiro atoms. The van der Waals surface area contributed by atoms with Gasteiger partial charge < -0.3 is 0 Å². The normalized spacial score (nSPS) is 14.3. The number of fused-ring (bicyclic) bond motifs is 2. The molecule has 0 saturated carbocycles. The molecule has 50 heavy (non-hydrogen) atoms. The minimum atomic E-state index is -1.98. The maximum Gasteiger partial charge on any atom is 0.270 e. The Morgan fingerprint density at radius 2 is 1.10 bits per heavy atom. The molecule has 0 atom stereocenters. The molecule has 0 unspecified atom stereocenters. The Morgan fingerprint density at radius 1 is 0.540 bits per heavy atom. The van der Waals surface area contributed by atoms with Crippen LogP contribution in [0.25, 0.3) is 52.9 Å². The van der Waals surface area contributed by atoms with Crippen molar-refractivity contribution in [2.45, 2.75) is 0 Å². The second kappa shape index (κ2) is 12.1. The molecular formula is C35H3F6N9. The van der Waals surface area contributed by atoms with E-state index in [9.17, 15) is 38.6 Å². The number of rotatable bonds is 2. The molecule has 0 saturated heterocycles. The summed E-state index contributed by atoms with van der Waals surface area (Å²) >= 11 is 0. The van der Waals surface area contributed by atoms with Gasteiger partial charge in [0.2, 0.25) is 5.70 Å². The number of halogens is 6. The van der Waals surface area contributed by atoms with Crippen LogP contribution in [0.3, 0.4) is 0 Å². The van der Waals surface area contributed by atoms with E-state index in [2.05, 4.69) is 19.4 Å². The number of hydrogen-bond acceptors (Lipinski definition) is 5. The Bertz CT molecular complexity index is 2730. The van der Waals surface area contributed by atoms with Crippen molar-refractivity contribution in [3.63, 3.8) is 0 Å². The van der Waals surface area contributed by atoms with E-state index in [1.54, 1.807) is 12.1 Å². The van der Waals surface area contributed by atoms with E-state index in [0.29, 0.717) is 12.1 Å². The third-order valence-electron chi connectivity index (χ3n) is 7.64. The van der Waals surface area contributed by atoms with Gasteiger partial charge in [0.05, 0.1) is 55.6 Å². The predicted molar refractivity (Wildman–Crippen MR) is 159 cm³/mol. The van der Waals surface area contributed by atoms with Gasteiger partial charge in [0, 0.05) is 33.4 Å². The van der Waals surface area contributed by atoms with Crippen LogP contribution < -0.4 is 0 Å². The minimum absolute atomic E-state index is 0.327. The first-order chi connectivity index (χ1) is 24.0. The summed E-state index contributed by atoms with van der Waals surface area (Å²) in [6, 6.07) is 9.12. The molecule has 2 aliphatic carbocycles. The lowest BCUT2D eigenvalue weighted by Gasteiger charge is -2.15. The molecule has 2 aliphatic rings. The number of allylic oxidation sites excluding steroid dienone is 7. The number of nitrogens with zero attached hydrogens (tertiary/aromatic N) is 9. The largest absolute Gasteiger partial charge is 0.270 e. The molecule has 0 radical (unpaired) electrons. The van der Waals surface area contributed by atoms with Crippen molar-refractivity contribution in [2.75, 3.05) is 0 Å². The van der Waals surface area contributed by atoms with Gasteiger partial charge in [0.1, 0.15) is 29.3 Å². The summed E-state index contributed by atoms with van der Waals surface area (Å²) < 4.78 is 90.6. The van der Waals surface area contributed by atoms with Gasteiger partial charge in [0.25, 0.3) is 17.1 Å². The fourth-order valence-electron chi connectivity index (χ4n) is 5.72. The summed E-state index contributed by atoms with van der Waals surface area (Å²) in [6.45, 7) is 30.1. The van der Waals surface area contributed by atoms with E-state index < -0.39 is 130 Å². The van der Waals surface area contributed by atoms with Crippen LogP contribution in [0.1, 0.15) is 44.5 Å². The second-order valence-electron chi connectivity index (χ2n) is 9.82. The third kappa shape index (κ3) is 4.27. The maximum absolute atomic E-state index is 15.5. The zero-order chi connectivity index (χ0) is 36.8. The van der Waals surface area contributed by atoms with Crippen LogP contribution in [-0.2, 0) is 0 Å². The second-order valence-corrected chi connectivity index (χ2v) is 9.82. The Balaban J connectivity index is 2.07. The van der Waals surface area contributed by atoms with Crippen molar-refractivity contribution in [3.8, 4) is 30.3 Å². The molecule has 0 N–H and O–H groups in total. The first kappa shape index (κ1) is 33.0. The van der Waals surface area contributed by atoms with Crippen molar-refractivity contribution < 1.29 is 26.3 Å². The smallest absolute Gasteiger partial charge is 0.237 e. The Labute approximate surface area is 276 Å². The van der Waals surface area contributed by atoms with E-state index in [1.165, 1.54) is 12.1 Å². The maximum atomic E-state index is 15.5. The zero-order valence-corrected chi connectivity index (χ0v) is 24.0. The lowest BCUT2D eigenvalue weighted by atomic mass is 9.87. The summed E-state index contributed by atoms with van der Waals surface area (Å²) in [5.74, 6) is -10.9.